The van der Waals surface area contributed by atoms with Gasteiger partial charge >= 0.3 is 0 Å². The minimum absolute atomic E-state index is 0.352. The van der Waals surface area contributed by atoms with Gasteiger partial charge in [0, 0.05) is 52.0 Å². The van der Waals surface area contributed by atoms with Crippen LogP contribution in [0.3, 0.4) is 0 Å². The molecule has 2 fully saturated rings. The van der Waals surface area contributed by atoms with E-state index in [1.54, 1.807) is 7.11 Å². The smallest absolute Gasteiger partial charge is 0.213 e. The lowest BCUT2D eigenvalue weighted by atomic mass is 10.1. The maximum atomic E-state index is 5.92. The fourth-order valence-electron chi connectivity index (χ4n) is 3.67. The molecule has 0 spiro atoms. The Labute approximate surface area is 150 Å². The summed E-state index contributed by atoms with van der Waals surface area (Å²) < 4.78 is 11.2. The Morgan fingerprint density at radius 1 is 1.32 bits per heavy atom. The zero-order chi connectivity index (χ0) is 17.5. The summed E-state index contributed by atoms with van der Waals surface area (Å²) in [5.41, 5.74) is 1.13. The van der Waals surface area contributed by atoms with Crippen LogP contribution in [-0.2, 0) is 11.3 Å². The van der Waals surface area contributed by atoms with Crippen LogP contribution in [0.2, 0.25) is 0 Å². The molecule has 6 heteroatoms. The first-order chi connectivity index (χ1) is 12.3. The molecule has 138 valence electrons. The molecule has 1 saturated carbocycles. The maximum absolute atomic E-state index is 5.92. The first-order valence-corrected chi connectivity index (χ1v) is 9.34. The fourth-order valence-corrected chi connectivity index (χ4v) is 3.67. The molecule has 1 aromatic heterocycles. The van der Waals surface area contributed by atoms with Gasteiger partial charge in [0.05, 0.1) is 6.61 Å². The summed E-state index contributed by atoms with van der Waals surface area (Å²) in [5.74, 6) is 2.28. The fraction of sp³-hybridized carbons (Fsp3) is 0.684. The monoisotopic (exact) mass is 346 g/mol. The van der Waals surface area contributed by atoms with Gasteiger partial charge in [0.15, 0.2) is 5.96 Å². The number of aliphatic imine (C=N–C) groups is 1. The molecular formula is C19H30N4O2. The van der Waals surface area contributed by atoms with E-state index in [4.69, 9.17) is 9.47 Å². The maximum Gasteiger partial charge on any atom is 0.213 e. The number of likely N-dealkylation sites (tertiary alicyclic amines) is 1. The minimum atomic E-state index is 0.352. The predicted octanol–water partition coefficient (Wildman–Crippen LogP) is 2.45. The van der Waals surface area contributed by atoms with Gasteiger partial charge < -0.3 is 19.7 Å². The second-order valence-electron chi connectivity index (χ2n) is 6.99. The van der Waals surface area contributed by atoms with Gasteiger partial charge in [-0.2, -0.15) is 0 Å². The normalized spacial score (nSPS) is 21.8. The van der Waals surface area contributed by atoms with Gasteiger partial charge in [0.25, 0.3) is 0 Å². The lowest BCUT2D eigenvalue weighted by Gasteiger charge is -2.21. The highest BCUT2D eigenvalue weighted by Gasteiger charge is 2.24. The molecule has 2 aliphatic rings. The Kier molecular flexibility index (Phi) is 6.50. The Bertz CT molecular complexity index is 555. The highest BCUT2D eigenvalue weighted by molar-refractivity contribution is 5.80. The van der Waals surface area contributed by atoms with Crippen molar-refractivity contribution in [3.8, 4) is 5.88 Å². The number of ether oxygens (including phenoxy) is 2. The molecule has 1 saturated heterocycles. The van der Waals surface area contributed by atoms with E-state index in [-0.39, 0.29) is 0 Å². The zero-order valence-electron chi connectivity index (χ0n) is 15.4. The number of nitrogens with zero attached hydrogens (tertiary/aromatic N) is 3. The van der Waals surface area contributed by atoms with Gasteiger partial charge in [0.1, 0.15) is 6.10 Å². The Morgan fingerprint density at radius 3 is 2.84 bits per heavy atom. The second-order valence-corrected chi connectivity index (χ2v) is 6.99. The quantitative estimate of drug-likeness (QED) is 0.633. The number of methoxy groups -OCH3 is 1. The summed E-state index contributed by atoms with van der Waals surface area (Å²) in [6.07, 6.45) is 8.25. The minimum Gasteiger partial charge on any atom is -0.474 e. The van der Waals surface area contributed by atoms with Crippen LogP contribution in [0.15, 0.2) is 23.3 Å². The van der Waals surface area contributed by atoms with Crippen LogP contribution < -0.4 is 10.1 Å². The topological polar surface area (TPSA) is 59.0 Å². The second kappa shape index (κ2) is 9.04. The number of rotatable bonds is 6. The van der Waals surface area contributed by atoms with E-state index < -0.39 is 0 Å². The highest BCUT2D eigenvalue weighted by atomic mass is 16.5. The van der Waals surface area contributed by atoms with E-state index >= 15 is 0 Å². The van der Waals surface area contributed by atoms with Crippen LogP contribution in [0.5, 0.6) is 5.88 Å². The van der Waals surface area contributed by atoms with E-state index in [1.165, 1.54) is 12.8 Å². The summed E-state index contributed by atoms with van der Waals surface area (Å²) in [7, 11) is 3.60. The van der Waals surface area contributed by atoms with Crippen LogP contribution in [0.4, 0.5) is 0 Å². The van der Waals surface area contributed by atoms with Crippen LogP contribution >= 0.6 is 0 Å². The molecule has 1 aliphatic carbocycles. The Hall–Kier alpha value is -1.82. The molecule has 1 aromatic rings. The molecular weight excluding hydrogens is 316 g/mol. The molecule has 25 heavy (non-hydrogen) atoms. The average Bonchev–Trinajstić information content (AvgIpc) is 3.30. The van der Waals surface area contributed by atoms with Gasteiger partial charge in [-0.1, -0.05) is 6.07 Å². The zero-order valence-corrected chi connectivity index (χ0v) is 15.4. The number of guanidine groups is 1. The van der Waals surface area contributed by atoms with Gasteiger partial charge in [0.2, 0.25) is 5.88 Å². The SMILES string of the molecule is CN=C(NCc1ccc(OC2CCCC2)nc1)N1CCC(COC)C1. The van der Waals surface area contributed by atoms with E-state index in [0.29, 0.717) is 12.0 Å². The van der Waals surface area contributed by atoms with E-state index in [1.807, 2.05) is 19.3 Å². The van der Waals surface area contributed by atoms with Gasteiger partial charge in [-0.15, -0.1) is 0 Å². The van der Waals surface area contributed by atoms with Gasteiger partial charge in [-0.3, -0.25) is 4.99 Å². The van der Waals surface area contributed by atoms with Crippen molar-refractivity contribution in [2.24, 2.45) is 10.9 Å². The van der Waals surface area contributed by atoms with Crippen LogP contribution in [0, 0.1) is 5.92 Å². The van der Waals surface area contributed by atoms with Crippen LogP contribution in [0.1, 0.15) is 37.7 Å². The molecule has 0 radical (unpaired) electrons. The third-order valence-corrected chi connectivity index (χ3v) is 5.04. The molecule has 1 unspecified atom stereocenters. The number of hydrogen-bond donors (Lipinski definition) is 1. The molecule has 1 atom stereocenters. The van der Waals surface area contributed by atoms with Crippen molar-refractivity contribution in [3.63, 3.8) is 0 Å². The molecule has 2 heterocycles. The average molecular weight is 346 g/mol. The Morgan fingerprint density at radius 2 is 2.16 bits per heavy atom. The van der Waals surface area contributed by atoms with Crippen molar-refractivity contribution in [1.82, 2.24) is 15.2 Å². The van der Waals surface area contributed by atoms with Crippen molar-refractivity contribution in [3.05, 3.63) is 23.9 Å². The summed E-state index contributed by atoms with van der Waals surface area (Å²) in [6.45, 7) is 3.56. The number of hydrogen-bond acceptors (Lipinski definition) is 4. The van der Waals surface area contributed by atoms with Crippen molar-refractivity contribution in [2.75, 3.05) is 33.9 Å². The molecule has 0 bridgehead atoms. The third kappa shape index (κ3) is 5.08. The van der Waals surface area contributed by atoms with Gasteiger partial charge in [-0.25, -0.2) is 4.98 Å². The van der Waals surface area contributed by atoms with Crippen molar-refractivity contribution < 1.29 is 9.47 Å². The van der Waals surface area contributed by atoms with E-state index in [9.17, 15) is 0 Å². The third-order valence-electron chi connectivity index (χ3n) is 5.04. The van der Waals surface area contributed by atoms with Crippen molar-refractivity contribution in [2.45, 2.75) is 44.8 Å². The highest BCUT2D eigenvalue weighted by Crippen LogP contribution is 2.23. The standard InChI is InChI=1S/C19H30N4O2/c1-20-19(23-10-9-16(13-23)14-24-2)22-12-15-7-8-18(21-11-15)25-17-5-3-4-6-17/h7-8,11,16-17H,3-6,9-10,12-14H2,1-2H3,(H,20,22). The number of aromatic nitrogens is 1. The Balaban J connectivity index is 1.47. The van der Waals surface area contributed by atoms with Crippen molar-refractivity contribution >= 4 is 5.96 Å². The van der Waals surface area contributed by atoms with Crippen LogP contribution in [-0.4, -0.2) is 55.8 Å². The lowest BCUT2D eigenvalue weighted by Crippen LogP contribution is -2.39. The molecule has 0 amide bonds. The largest absolute Gasteiger partial charge is 0.474 e. The molecule has 3 rings (SSSR count). The summed E-state index contributed by atoms with van der Waals surface area (Å²) in [4.78, 5) is 11.2. The molecule has 6 nitrogen and oxygen atoms in total. The van der Waals surface area contributed by atoms with E-state index in [0.717, 1.165) is 62.9 Å². The summed E-state index contributed by atoms with van der Waals surface area (Å²) in [5, 5.41) is 3.44. The summed E-state index contributed by atoms with van der Waals surface area (Å²) >= 11 is 0. The first-order valence-electron chi connectivity index (χ1n) is 9.34. The molecule has 1 N–H and O–H groups in total. The van der Waals surface area contributed by atoms with Crippen molar-refractivity contribution in [1.29, 1.82) is 0 Å². The number of nitrogens with one attached hydrogen (secondary N) is 1. The number of pyridine rings is 1. The first kappa shape index (κ1) is 18.0. The molecule has 1 aliphatic heterocycles. The van der Waals surface area contributed by atoms with E-state index in [2.05, 4.69) is 26.3 Å². The van der Waals surface area contributed by atoms with Crippen LogP contribution in [0.25, 0.3) is 0 Å². The molecule has 0 aromatic carbocycles. The van der Waals surface area contributed by atoms with Gasteiger partial charge in [-0.05, 0) is 37.7 Å². The summed E-state index contributed by atoms with van der Waals surface area (Å²) in [6, 6.07) is 4.05. The predicted molar refractivity (Wildman–Crippen MR) is 98.9 cm³/mol. The lowest BCUT2D eigenvalue weighted by molar-refractivity contribution is 0.157.